The van der Waals surface area contributed by atoms with Crippen molar-refractivity contribution in [3.63, 3.8) is 0 Å². The molecule has 2 heterocycles. The lowest BCUT2D eigenvalue weighted by Gasteiger charge is -2.38. The van der Waals surface area contributed by atoms with Crippen molar-refractivity contribution < 1.29 is 0 Å². The van der Waals surface area contributed by atoms with Crippen LogP contribution in [-0.4, -0.2) is 14.6 Å². The summed E-state index contributed by atoms with van der Waals surface area (Å²) >= 11 is 0. The van der Waals surface area contributed by atoms with Gasteiger partial charge in [-0.25, -0.2) is 9.50 Å². The molecule has 5 rings (SSSR count). The van der Waals surface area contributed by atoms with Gasteiger partial charge in [-0.1, -0.05) is 55.5 Å². The number of fused-ring (bicyclic) bond motifs is 1. The lowest BCUT2D eigenvalue weighted by atomic mass is 9.72. The first-order chi connectivity index (χ1) is 13.7. The summed E-state index contributed by atoms with van der Waals surface area (Å²) in [5, 5.41) is 4.59. The summed E-state index contributed by atoms with van der Waals surface area (Å²) in [5.74, 6) is 0. The van der Waals surface area contributed by atoms with Gasteiger partial charge in [-0.3, -0.25) is 0 Å². The van der Waals surface area contributed by atoms with E-state index in [2.05, 4.69) is 60.6 Å². The Morgan fingerprint density at radius 2 is 1.79 bits per heavy atom. The molecule has 2 N–H and O–H groups in total. The highest BCUT2D eigenvalue weighted by Crippen LogP contribution is 2.40. The minimum absolute atomic E-state index is 0.142. The molecular weight excluding hydrogens is 344 g/mol. The fraction of sp³-hybridized carbons (Fsp3) is 0.250. The third-order valence-corrected chi connectivity index (χ3v) is 6.03. The van der Waals surface area contributed by atoms with Crippen molar-refractivity contribution in [1.82, 2.24) is 14.6 Å². The van der Waals surface area contributed by atoms with Gasteiger partial charge in [-0.05, 0) is 48.9 Å². The summed E-state index contributed by atoms with van der Waals surface area (Å²) in [6.07, 6.45) is 6.13. The van der Waals surface area contributed by atoms with Crippen LogP contribution in [0.4, 0.5) is 0 Å². The molecule has 4 heteroatoms. The number of hydrogen-bond donors (Lipinski definition) is 1. The largest absolute Gasteiger partial charge is 0.321 e. The molecule has 1 aliphatic carbocycles. The molecule has 0 radical (unpaired) electrons. The SMILES string of the molecule is CCc1ccccc1-c1c(-c2ccc(C3(N)CCC3)cc2)nc2cccnn12. The van der Waals surface area contributed by atoms with Gasteiger partial charge in [-0.2, -0.15) is 5.10 Å². The van der Waals surface area contributed by atoms with Gasteiger partial charge in [0.1, 0.15) is 5.69 Å². The van der Waals surface area contributed by atoms with Crippen LogP contribution in [0, 0.1) is 0 Å². The highest BCUT2D eigenvalue weighted by atomic mass is 15.3. The van der Waals surface area contributed by atoms with E-state index in [0.29, 0.717) is 0 Å². The minimum Gasteiger partial charge on any atom is -0.321 e. The number of nitrogens with two attached hydrogens (primary N) is 1. The standard InChI is InChI=1S/C24H24N4/c1-2-17-7-3-4-8-20(17)23-22(27-21-9-5-16-26-28(21)23)18-10-12-19(13-11-18)24(25)14-6-15-24/h3-5,7-13,16H,2,6,14-15,25H2,1H3. The van der Waals surface area contributed by atoms with Crippen molar-refractivity contribution in [2.75, 3.05) is 0 Å². The van der Waals surface area contributed by atoms with Crippen molar-refractivity contribution in [2.24, 2.45) is 5.73 Å². The van der Waals surface area contributed by atoms with E-state index in [1.165, 1.54) is 23.1 Å². The predicted molar refractivity (Wildman–Crippen MR) is 113 cm³/mol. The van der Waals surface area contributed by atoms with Crippen molar-refractivity contribution in [1.29, 1.82) is 0 Å². The maximum atomic E-state index is 6.50. The molecule has 0 saturated heterocycles. The fourth-order valence-electron chi connectivity index (χ4n) is 4.20. The van der Waals surface area contributed by atoms with E-state index < -0.39 is 0 Å². The zero-order valence-corrected chi connectivity index (χ0v) is 16.1. The average Bonchev–Trinajstić information content (AvgIpc) is 3.11. The Morgan fingerprint density at radius 1 is 1.00 bits per heavy atom. The number of benzene rings is 2. The number of nitrogens with zero attached hydrogens (tertiary/aromatic N) is 3. The van der Waals surface area contributed by atoms with Crippen LogP contribution >= 0.6 is 0 Å². The van der Waals surface area contributed by atoms with Crippen molar-refractivity contribution >= 4 is 5.65 Å². The molecule has 0 aliphatic heterocycles. The summed E-state index contributed by atoms with van der Waals surface area (Å²) in [7, 11) is 0. The van der Waals surface area contributed by atoms with Crippen LogP contribution in [0.15, 0.2) is 66.9 Å². The van der Waals surface area contributed by atoms with Gasteiger partial charge in [0, 0.05) is 22.9 Å². The quantitative estimate of drug-likeness (QED) is 0.554. The predicted octanol–water partition coefficient (Wildman–Crippen LogP) is 4.96. The van der Waals surface area contributed by atoms with Crippen LogP contribution in [0.3, 0.4) is 0 Å². The molecular formula is C24H24N4. The first-order valence-corrected chi connectivity index (χ1v) is 10.0. The lowest BCUT2D eigenvalue weighted by Crippen LogP contribution is -2.43. The summed E-state index contributed by atoms with van der Waals surface area (Å²) in [6.45, 7) is 2.18. The van der Waals surface area contributed by atoms with Crippen LogP contribution in [0.2, 0.25) is 0 Å². The van der Waals surface area contributed by atoms with Crippen molar-refractivity contribution in [3.8, 4) is 22.5 Å². The molecule has 1 fully saturated rings. The molecule has 0 bridgehead atoms. The van der Waals surface area contributed by atoms with E-state index in [1.54, 1.807) is 0 Å². The summed E-state index contributed by atoms with van der Waals surface area (Å²) in [6, 6.07) is 21.1. The monoisotopic (exact) mass is 368 g/mol. The van der Waals surface area contributed by atoms with Gasteiger partial charge >= 0.3 is 0 Å². The Kier molecular flexibility index (Phi) is 4.02. The lowest BCUT2D eigenvalue weighted by molar-refractivity contribution is 0.253. The first-order valence-electron chi connectivity index (χ1n) is 10.0. The van der Waals surface area contributed by atoms with E-state index in [4.69, 9.17) is 10.7 Å². The zero-order chi connectivity index (χ0) is 19.1. The van der Waals surface area contributed by atoms with Crippen LogP contribution in [-0.2, 0) is 12.0 Å². The first kappa shape index (κ1) is 17.1. The maximum Gasteiger partial charge on any atom is 0.154 e. The van der Waals surface area contributed by atoms with Crippen LogP contribution in [0.5, 0.6) is 0 Å². The highest BCUT2D eigenvalue weighted by Gasteiger charge is 2.34. The summed E-state index contributed by atoms with van der Waals surface area (Å²) in [5.41, 5.74) is 14.0. The van der Waals surface area contributed by atoms with E-state index in [-0.39, 0.29) is 5.54 Å². The molecule has 1 saturated carbocycles. The van der Waals surface area contributed by atoms with Gasteiger partial charge < -0.3 is 5.73 Å². The van der Waals surface area contributed by atoms with Crippen LogP contribution in [0.25, 0.3) is 28.2 Å². The number of hydrogen-bond acceptors (Lipinski definition) is 3. The molecule has 0 spiro atoms. The van der Waals surface area contributed by atoms with Crippen LogP contribution < -0.4 is 5.73 Å². The highest BCUT2D eigenvalue weighted by molar-refractivity contribution is 5.83. The summed E-state index contributed by atoms with van der Waals surface area (Å²) < 4.78 is 1.95. The van der Waals surface area contributed by atoms with Gasteiger partial charge in [0.15, 0.2) is 5.65 Å². The molecule has 1 aliphatic rings. The molecule has 28 heavy (non-hydrogen) atoms. The van der Waals surface area contributed by atoms with E-state index in [1.807, 2.05) is 22.8 Å². The summed E-state index contributed by atoms with van der Waals surface area (Å²) in [4.78, 5) is 4.93. The Labute approximate surface area is 165 Å². The second-order valence-corrected chi connectivity index (χ2v) is 7.70. The fourth-order valence-corrected chi connectivity index (χ4v) is 4.20. The Balaban J connectivity index is 1.70. The van der Waals surface area contributed by atoms with Gasteiger partial charge in [0.05, 0.1) is 5.69 Å². The molecule has 2 aromatic heterocycles. The second kappa shape index (κ2) is 6.57. The smallest absolute Gasteiger partial charge is 0.154 e. The van der Waals surface area contributed by atoms with Crippen molar-refractivity contribution in [3.05, 3.63) is 78.0 Å². The molecule has 4 aromatic rings. The van der Waals surface area contributed by atoms with Gasteiger partial charge in [0.2, 0.25) is 0 Å². The Morgan fingerprint density at radius 3 is 2.50 bits per heavy atom. The Bertz CT molecular complexity index is 1140. The number of rotatable bonds is 4. The molecule has 0 amide bonds. The average molecular weight is 368 g/mol. The van der Waals surface area contributed by atoms with Gasteiger partial charge in [0.25, 0.3) is 0 Å². The molecule has 0 unspecified atom stereocenters. The van der Waals surface area contributed by atoms with Crippen molar-refractivity contribution in [2.45, 2.75) is 38.1 Å². The number of aromatic nitrogens is 3. The second-order valence-electron chi connectivity index (χ2n) is 7.70. The van der Waals surface area contributed by atoms with E-state index in [0.717, 1.165) is 41.9 Å². The molecule has 2 aromatic carbocycles. The third kappa shape index (κ3) is 2.64. The Hall–Kier alpha value is -2.98. The molecule has 4 nitrogen and oxygen atoms in total. The minimum atomic E-state index is -0.142. The van der Waals surface area contributed by atoms with E-state index in [9.17, 15) is 0 Å². The number of aryl methyl sites for hydroxylation is 1. The molecule has 0 atom stereocenters. The zero-order valence-electron chi connectivity index (χ0n) is 16.1. The molecule has 140 valence electrons. The van der Waals surface area contributed by atoms with Gasteiger partial charge in [-0.15, -0.1) is 0 Å². The normalized spacial score (nSPS) is 15.5. The number of imidazole rings is 1. The van der Waals surface area contributed by atoms with E-state index >= 15 is 0 Å². The maximum absolute atomic E-state index is 6.50. The third-order valence-electron chi connectivity index (χ3n) is 6.03. The van der Waals surface area contributed by atoms with Crippen LogP contribution in [0.1, 0.15) is 37.3 Å². The topological polar surface area (TPSA) is 56.2 Å².